The average Bonchev–Trinajstić information content (AvgIpc) is 2.72. The molecule has 1 rings (SSSR count). The van der Waals surface area contributed by atoms with Gasteiger partial charge in [0.1, 0.15) is 0 Å². The SMILES string of the molecule is C=C(C)CN(CC)C(=O)CN1CCCC1CN. The zero-order valence-corrected chi connectivity index (χ0v) is 11.1. The molecule has 1 amide bonds. The van der Waals surface area contributed by atoms with Gasteiger partial charge in [-0.05, 0) is 33.2 Å². The average molecular weight is 239 g/mol. The zero-order chi connectivity index (χ0) is 12.8. The molecular weight excluding hydrogens is 214 g/mol. The van der Waals surface area contributed by atoms with Gasteiger partial charge in [-0.25, -0.2) is 0 Å². The first-order valence-corrected chi connectivity index (χ1v) is 6.44. The van der Waals surface area contributed by atoms with Crippen LogP contribution in [0.25, 0.3) is 0 Å². The third kappa shape index (κ3) is 4.13. The molecule has 1 fully saturated rings. The Morgan fingerprint density at radius 2 is 2.29 bits per heavy atom. The second-order valence-electron chi connectivity index (χ2n) is 4.87. The number of rotatable bonds is 6. The molecule has 0 aromatic rings. The van der Waals surface area contributed by atoms with Crippen molar-refractivity contribution in [3.05, 3.63) is 12.2 Å². The van der Waals surface area contributed by atoms with Crippen LogP contribution in [-0.2, 0) is 4.79 Å². The predicted octanol–water partition coefficient (Wildman–Crippen LogP) is 0.834. The van der Waals surface area contributed by atoms with Crippen LogP contribution in [0.5, 0.6) is 0 Å². The van der Waals surface area contributed by atoms with E-state index < -0.39 is 0 Å². The molecular formula is C13H25N3O. The maximum absolute atomic E-state index is 12.1. The van der Waals surface area contributed by atoms with E-state index in [-0.39, 0.29) is 5.91 Å². The van der Waals surface area contributed by atoms with Crippen molar-refractivity contribution in [1.82, 2.24) is 9.80 Å². The highest BCUT2D eigenvalue weighted by molar-refractivity contribution is 5.78. The minimum atomic E-state index is 0.191. The standard InChI is InChI=1S/C13H25N3O/c1-4-15(9-11(2)3)13(17)10-16-7-5-6-12(16)8-14/h12H,2,4-10,14H2,1,3H3. The summed E-state index contributed by atoms with van der Waals surface area (Å²) in [6, 6.07) is 0.391. The molecule has 0 saturated carbocycles. The Bertz CT molecular complexity index is 278. The maximum Gasteiger partial charge on any atom is 0.237 e. The van der Waals surface area contributed by atoms with Crippen molar-refractivity contribution < 1.29 is 4.79 Å². The first-order chi connectivity index (χ1) is 8.08. The number of likely N-dealkylation sites (tertiary alicyclic amines) is 1. The van der Waals surface area contributed by atoms with Crippen molar-refractivity contribution in [2.24, 2.45) is 5.73 Å². The lowest BCUT2D eigenvalue weighted by Crippen LogP contribution is -2.44. The van der Waals surface area contributed by atoms with Gasteiger partial charge in [0.2, 0.25) is 5.91 Å². The molecule has 0 aromatic carbocycles. The van der Waals surface area contributed by atoms with Crippen LogP contribution >= 0.6 is 0 Å². The molecule has 98 valence electrons. The number of carbonyl (C=O) groups is 1. The highest BCUT2D eigenvalue weighted by Crippen LogP contribution is 2.15. The lowest BCUT2D eigenvalue weighted by molar-refractivity contribution is -0.132. The van der Waals surface area contributed by atoms with Crippen molar-refractivity contribution in [2.75, 3.05) is 32.7 Å². The Morgan fingerprint density at radius 1 is 1.59 bits per heavy atom. The van der Waals surface area contributed by atoms with Crippen LogP contribution in [0.4, 0.5) is 0 Å². The zero-order valence-electron chi connectivity index (χ0n) is 11.1. The molecule has 1 aliphatic heterocycles. The van der Waals surface area contributed by atoms with Crippen LogP contribution in [0, 0.1) is 0 Å². The number of amides is 1. The minimum absolute atomic E-state index is 0.191. The summed E-state index contributed by atoms with van der Waals surface area (Å²) in [4.78, 5) is 16.2. The van der Waals surface area contributed by atoms with Crippen molar-refractivity contribution in [3.8, 4) is 0 Å². The molecule has 1 atom stereocenters. The molecule has 0 aliphatic carbocycles. The fraction of sp³-hybridized carbons (Fsp3) is 0.769. The van der Waals surface area contributed by atoms with Crippen molar-refractivity contribution in [2.45, 2.75) is 32.7 Å². The Kier molecular flexibility index (Phi) is 5.65. The van der Waals surface area contributed by atoms with Gasteiger partial charge in [-0.3, -0.25) is 9.69 Å². The lowest BCUT2D eigenvalue weighted by atomic mass is 10.2. The number of nitrogens with zero attached hydrogens (tertiary/aromatic N) is 2. The quantitative estimate of drug-likeness (QED) is 0.699. The highest BCUT2D eigenvalue weighted by Gasteiger charge is 2.26. The Balaban J connectivity index is 2.48. The van der Waals surface area contributed by atoms with Gasteiger partial charge >= 0.3 is 0 Å². The van der Waals surface area contributed by atoms with Gasteiger partial charge in [-0.1, -0.05) is 12.2 Å². The molecule has 0 radical (unpaired) electrons. The Morgan fingerprint density at radius 3 is 2.82 bits per heavy atom. The van der Waals surface area contributed by atoms with Gasteiger partial charge < -0.3 is 10.6 Å². The number of nitrogens with two attached hydrogens (primary N) is 1. The molecule has 1 aliphatic rings. The summed E-state index contributed by atoms with van der Waals surface area (Å²) in [5, 5.41) is 0. The fourth-order valence-electron chi connectivity index (χ4n) is 2.35. The first kappa shape index (κ1) is 14.2. The smallest absolute Gasteiger partial charge is 0.237 e. The summed E-state index contributed by atoms with van der Waals surface area (Å²) in [6.07, 6.45) is 2.28. The van der Waals surface area contributed by atoms with E-state index in [1.54, 1.807) is 0 Å². The number of hydrogen-bond donors (Lipinski definition) is 1. The van der Waals surface area contributed by atoms with E-state index in [1.807, 2.05) is 18.7 Å². The summed E-state index contributed by atoms with van der Waals surface area (Å²) < 4.78 is 0. The lowest BCUT2D eigenvalue weighted by Gasteiger charge is -2.27. The maximum atomic E-state index is 12.1. The van der Waals surface area contributed by atoms with Gasteiger partial charge in [0, 0.05) is 25.7 Å². The molecule has 2 N–H and O–H groups in total. The largest absolute Gasteiger partial charge is 0.338 e. The van der Waals surface area contributed by atoms with Crippen LogP contribution < -0.4 is 5.73 Å². The normalized spacial score (nSPS) is 20.5. The van der Waals surface area contributed by atoms with E-state index in [0.717, 1.165) is 31.5 Å². The highest BCUT2D eigenvalue weighted by atomic mass is 16.2. The number of carbonyl (C=O) groups excluding carboxylic acids is 1. The summed E-state index contributed by atoms with van der Waals surface area (Å²) in [5.74, 6) is 0.191. The second kappa shape index (κ2) is 6.77. The van der Waals surface area contributed by atoms with Crippen molar-refractivity contribution in [3.63, 3.8) is 0 Å². The van der Waals surface area contributed by atoms with Crippen molar-refractivity contribution in [1.29, 1.82) is 0 Å². The van der Waals surface area contributed by atoms with Crippen LogP contribution in [-0.4, -0.2) is 54.5 Å². The van der Waals surface area contributed by atoms with E-state index in [1.165, 1.54) is 0 Å². The molecule has 1 saturated heterocycles. The monoisotopic (exact) mass is 239 g/mol. The molecule has 1 unspecified atom stereocenters. The summed E-state index contributed by atoms with van der Waals surface area (Å²) >= 11 is 0. The molecule has 1 heterocycles. The molecule has 17 heavy (non-hydrogen) atoms. The molecule has 0 aromatic heterocycles. The van der Waals surface area contributed by atoms with Crippen LogP contribution in [0.1, 0.15) is 26.7 Å². The third-order valence-corrected chi connectivity index (χ3v) is 3.30. The molecule has 0 spiro atoms. The second-order valence-corrected chi connectivity index (χ2v) is 4.87. The van der Waals surface area contributed by atoms with Crippen LogP contribution in [0.15, 0.2) is 12.2 Å². The van der Waals surface area contributed by atoms with Gasteiger partial charge in [0.15, 0.2) is 0 Å². The van der Waals surface area contributed by atoms with E-state index in [9.17, 15) is 4.79 Å². The van der Waals surface area contributed by atoms with E-state index in [2.05, 4.69) is 11.5 Å². The van der Waals surface area contributed by atoms with Crippen LogP contribution in [0.2, 0.25) is 0 Å². The number of likely N-dealkylation sites (N-methyl/N-ethyl adjacent to an activating group) is 1. The van der Waals surface area contributed by atoms with Gasteiger partial charge in [0.05, 0.1) is 6.54 Å². The summed E-state index contributed by atoms with van der Waals surface area (Å²) in [6.45, 7) is 11.4. The fourth-order valence-corrected chi connectivity index (χ4v) is 2.35. The van der Waals surface area contributed by atoms with E-state index in [0.29, 0.717) is 25.7 Å². The Hall–Kier alpha value is -0.870. The predicted molar refractivity (Wildman–Crippen MR) is 70.7 cm³/mol. The van der Waals surface area contributed by atoms with E-state index in [4.69, 9.17) is 5.73 Å². The molecule has 4 nitrogen and oxygen atoms in total. The third-order valence-electron chi connectivity index (χ3n) is 3.30. The van der Waals surface area contributed by atoms with Gasteiger partial charge in [0.25, 0.3) is 0 Å². The van der Waals surface area contributed by atoms with E-state index >= 15 is 0 Å². The molecule has 0 bridgehead atoms. The van der Waals surface area contributed by atoms with Crippen molar-refractivity contribution >= 4 is 5.91 Å². The molecule has 4 heteroatoms. The topological polar surface area (TPSA) is 49.6 Å². The van der Waals surface area contributed by atoms with Gasteiger partial charge in [-0.15, -0.1) is 0 Å². The summed E-state index contributed by atoms with van der Waals surface area (Å²) in [7, 11) is 0. The van der Waals surface area contributed by atoms with Gasteiger partial charge in [-0.2, -0.15) is 0 Å². The minimum Gasteiger partial charge on any atom is -0.338 e. The van der Waals surface area contributed by atoms with Crippen LogP contribution in [0.3, 0.4) is 0 Å². The number of hydrogen-bond acceptors (Lipinski definition) is 3. The first-order valence-electron chi connectivity index (χ1n) is 6.44. The summed E-state index contributed by atoms with van der Waals surface area (Å²) in [5.41, 5.74) is 6.73. The Labute approximate surface area is 104 Å².